The molecule has 1 aliphatic carbocycles. The number of nitrogens with one attached hydrogen (secondary N) is 3. The number of anilines is 1. The van der Waals surface area contributed by atoms with Crippen molar-refractivity contribution in [2.45, 2.75) is 31.9 Å². The molecule has 3 rings (SSSR count). The summed E-state index contributed by atoms with van der Waals surface area (Å²) in [4.78, 5) is 21.2. The number of hydrogen-bond acceptors (Lipinski definition) is 5. The van der Waals surface area contributed by atoms with Gasteiger partial charge in [0.05, 0.1) is 18.7 Å². The molecular formula is C19H28FN3O4. The number of carbonyl (C=O) groups is 2. The Labute approximate surface area is 158 Å². The van der Waals surface area contributed by atoms with Crippen LogP contribution in [0.3, 0.4) is 0 Å². The summed E-state index contributed by atoms with van der Waals surface area (Å²) in [6.07, 6.45) is 2.02. The maximum absolute atomic E-state index is 12.9. The molecule has 27 heavy (non-hydrogen) atoms. The van der Waals surface area contributed by atoms with E-state index in [0.717, 1.165) is 38.5 Å². The smallest absolute Gasteiger partial charge is 0.300 e. The predicted octanol–water partition coefficient (Wildman–Crippen LogP) is 1.46. The molecular weight excluding hydrogens is 353 g/mol. The van der Waals surface area contributed by atoms with Crippen molar-refractivity contribution in [2.75, 3.05) is 32.1 Å². The maximum atomic E-state index is 12.9. The summed E-state index contributed by atoms with van der Waals surface area (Å²) in [6, 6.07) is 6.04. The van der Waals surface area contributed by atoms with E-state index < -0.39 is 5.97 Å². The third-order valence-corrected chi connectivity index (χ3v) is 4.97. The first-order valence-electron chi connectivity index (χ1n) is 9.11. The quantitative estimate of drug-likeness (QED) is 0.616. The first-order chi connectivity index (χ1) is 12.9. The van der Waals surface area contributed by atoms with E-state index >= 15 is 0 Å². The lowest BCUT2D eigenvalue weighted by molar-refractivity contribution is -0.134. The zero-order valence-corrected chi connectivity index (χ0v) is 15.7. The number of fused-ring (bicyclic) bond motifs is 1. The van der Waals surface area contributed by atoms with E-state index in [0.29, 0.717) is 11.8 Å². The van der Waals surface area contributed by atoms with Crippen molar-refractivity contribution in [1.82, 2.24) is 10.6 Å². The summed E-state index contributed by atoms with van der Waals surface area (Å²) in [6.45, 7) is 3.34. The van der Waals surface area contributed by atoms with Crippen LogP contribution in [0.4, 0.5) is 10.1 Å². The Balaban J connectivity index is 0.000000596. The summed E-state index contributed by atoms with van der Waals surface area (Å²) in [5, 5.41) is 16.9. The standard InChI is InChI=1S/C17H24FN3O2.C2H4O2/c1-23-16-7-12-9-19-8-11(12)6-15(16)21-17(22)10-20-14-4-2-13(18)3-5-14;1-2(3)4/h2-5,11-12,15-16,19-20H,6-10H2,1H3,(H,21,22);1H3,(H,3,4)/t11-,12+,15-,16-;/m0./s1. The number of benzene rings is 1. The zero-order valence-electron chi connectivity index (χ0n) is 15.7. The number of amides is 1. The van der Waals surface area contributed by atoms with Gasteiger partial charge in [-0.25, -0.2) is 4.39 Å². The van der Waals surface area contributed by atoms with Gasteiger partial charge in [0.2, 0.25) is 5.91 Å². The van der Waals surface area contributed by atoms with E-state index in [1.54, 1.807) is 19.2 Å². The van der Waals surface area contributed by atoms with Crippen molar-refractivity contribution < 1.29 is 23.8 Å². The SMILES string of the molecule is CC(=O)O.CO[C@H]1C[C@@H]2CNC[C@@H]2C[C@@H]1NC(=O)CNc1ccc(F)cc1. The molecule has 0 unspecified atom stereocenters. The first-order valence-corrected chi connectivity index (χ1v) is 9.11. The van der Waals surface area contributed by atoms with Crippen molar-refractivity contribution in [3.05, 3.63) is 30.1 Å². The van der Waals surface area contributed by atoms with E-state index in [4.69, 9.17) is 14.6 Å². The van der Waals surface area contributed by atoms with Gasteiger partial charge in [-0.2, -0.15) is 0 Å². The molecule has 1 saturated heterocycles. The number of halogens is 1. The summed E-state index contributed by atoms with van der Waals surface area (Å²) in [5.74, 6) is 0.0952. The van der Waals surface area contributed by atoms with Gasteiger partial charge in [0.1, 0.15) is 5.82 Å². The molecule has 4 atom stereocenters. The van der Waals surface area contributed by atoms with Crippen LogP contribution in [-0.4, -0.2) is 55.9 Å². The molecule has 1 heterocycles. The Bertz CT molecular complexity index is 622. The minimum atomic E-state index is -0.833. The van der Waals surface area contributed by atoms with Crippen molar-refractivity contribution >= 4 is 17.6 Å². The van der Waals surface area contributed by atoms with Gasteiger partial charge in [-0.15, -0.1) is 0 Å². The Kier molecular flexibility index (Phi) is 7.99. The van der Waals surface area contributed by atoms with Crippen LogP contribution in [0, 0.1) is 17.7 Å². The van der Waals surface area contributed by atoms with Gasteiger partial charge in [-0.3, -0.25) is 9.59 Å². The number of aliphatic carboxylic acids is 1. The lowest BCUT2D eigenvalue weighted by atomic mass is 9.77. The van der Waals surface area contributed by atoms with E-state index in [-0.39, 0.29) is 30.4 Å². The fourth-order valence-corrected chi connectivity index (χ4v) is 3.70. The molecule has 0 bridgehead atoms. The van der Waals surface area contributed by atoms with Gasteiger partial charge in [0.15, 0.2) is 0 Å². The summed E-state index contributed by atoms with van der Waals surface area (Å²) >= 11 is 0. The monoisotopic (exact) mass is 381 g/mol. The average Bonchev–Trinajstić information content (AvgIpc) is 3.07. The molecule has 0 radical (unpaired) electrons. The van der Waals surface area contributed by atoms with Gasteiger partial charge in [-0.05, 0) is 62.0 Å². The van der Waals surface area contributed by atoms with Crippen LogP contribution in [0.15, 0.2) is 24.3 Å². The molecule has 8 heteroatoms. The highest BCUT2D eigenvalue weighted by Crippen LogP contribution is 2.34. The number of carboxylic acids is 1. The molecule has 2 aliphatic rings. The molecule has 1 amide bonds. The van der Waals surface area contributed by atoms with Crippen LogP contribution < -0.4 is 16.0 Å². The zero-order chi connectivity index (χ0) is 19.8. The van der Waals surface area contributed by atoms with Crippen LogP contribution in [-0.2, 0) is 14.3 Å². The van der Waals surface area contributed by atoms with E-state index in [1.165, 1.54) is 12.1 Å². The van der Waals surface area contributed by atoms with Crippen LogP contribution >= 0.6 is 0 Å². The lowest BCUT2D eigenvalue weighted by Crippen LogP contribution is -2.51. The van der Waals surface area contributed by atoms with Crippen molar-refractivity contribution in [3.63, 3.8) is 0 Å². The number of carbonyl (C=O) groups excluding carboxylic acids is 1. The molecule has 2 fully saturated rings. The van der Waals surface area contributed by atoms with E-state index in [2.05, 4.69) is 16.0 Å². The van der Waals surface area contributed by atoms with Crippen LogP contribution in [0.2, 0.25) is 0 Å². The number of hydrogen-bond donors (Lipinski definition) is 4. The third-order valence-electron chi connectivity index (χ3n) is 4.97. The van der Waals surface area contributed by atoms with Gasteiger partial charge in [0, 0.05) is 19.7 Å². The number of rotatable bonds is 5. The highest BCUT2D eigenvalue weighted by atomic mass is 19.1. The number of methoxy groups -OCH3 is 1. The van der Waals surface area contributed by atoms with E-state index in [1.807, 2.05) is 0 Å². The highest BCUT2D eigenvalue weighted by Gasteiger charge is 2.40. The molecule has 150 valence electrons. The third kappa shape index (κ3) is 6.80. The van der Waals surface area contributed by atoms with Gasteiger partial charge >= 0.3 is 0 Å². The van der Waals surface area contributed by atoms with E-state index in [9.17, 15) is 9.18 Å². The van der Waals surface area contributed by atoms with Crippen LogP contribution in [0.25, 0.3) is 0 Å². The van der Waals surface area contributed by atoms with Crippen molar-refractivity contribution in [1.29, 1.82) is 0 Å². The van der Waals surface area contributed by atoms with Crippen molar-refractivity contribution in [2.24, 2.45) is 11.8 Å². The molecule has 0 aromatic heterocycles. The molecule has 1 saturated carbocycles. The largest absolute Gasteiger partial charge is 0.481 e. The van der Waals surface area contributed by atoms with Gasteiger partial charge in [-0.1, -0.05) is 0 Å². The van der Waals surface area contributed by atoms with Crippen molar-refractivity contribution in [3.8, 4) is 0 Å². The Morgan fingerprint density at radius 1 is 1.22 bits per heavy atom. The summed E-state index contributed by atoms with van der Waals surface area (Å²) in [5.41, 5.74) is 0.730. The molecule has 1 aromatic rings. The summed E-state index contributed by atoms with van der Waals surface area (Å²) < 4.78 is 18.4. The highest BCUT2D eigenvalue weighted by molar-refractivity contribution is 5.81. The lowest BCUT2D eigenvalue weighted by Gasteiger charge is -2.37. The summed E-state index contributed by atoms with van der Waals surface area (Å²) in [7, 11) is 1.71. The Hall–Kier alpha value is -2.19. The normalized spacial score (nSPS) is 26.3. The second-order valence-corrected chi connectivity index (χ2v) is 6.98. The predicted molar refractivity (Wildman–Crippen MR) is 100 cm³/mol. The van der Waals surface area contributed by atoms with Crippen LogP contribution in [0.5, 0.6) is 0 Å². The fraction of sp³-hybridized carbons (Fsp3) is 0.579. The molecule has 1 aromatic carbocycles. The molecule has 1 aliphatic heterocycles. The van der Waals surface area contributed by atoms with Gasteiger partial charge in [0.25, 0.3) is 5.97 Å². The fourth-order valence-electron chi connectivity index (χ4n) is 3.70. The number of carboxylic acid groups (broad SMARTS) is 1. The Morgan fingerprint density at radius 2 is 1.81 bits per heavy atom. The van der Waals surface area contributed by atoms with Gasteiger partial charge < -0.3 is 25.8 Å². The molecule has 4 N–H and O–H groups in total. The molecule has 7 nitrogen and oxygen atoms in total. The Morgan fingerprint density at radius 3 is 2.41 bits per heavy atom. The molecule has 0 spiro atoms. The minimum absolute atomic E-state index is 0.0590. The topological polar surface area (TPSA) is 99.7 Å². The first kappa shape index (κ1) is 21.1. The second kappa shape index (κ2) is 10.2. The second-order valence-electron chi connectivity index (χ2n) is 6.98. The maximum Gasteiger partial charge on any atom is 0.300 e. The number of ether oxygens (including phenoxy) is 1. The average molecular weight is 381 g/mol. The minimum Gasteiger partial charge on any atom is -0.481 e. The van der Waals surface area contributed by atoms with Crippen LogP contribution in [0.1, 0.15) is 19.8 Å².